The van der Waals surface area contributed by atoms with Gasteiger partial charge in [0, 0.05) is 11.0 Å². The Kier molecular flexibility index (Phi) is 7.45. The minimum Gasteiger partial charge on any atom is -0.480 e. The van der Waals surface area contributed by atoms with E-state index in [1.165, 1.54) is 0 Å². The van der Waals surface area contributed by atoms with Gasteiger partial charge in [-0.15, -0.1) is 0 Å². The third-order valence-electron chi connectivity index (χ3n) is 4.49. The Hall–Kier alpha value is -0.990. The molecule has 0 aromatic heterocycles. The van der Waals surface area contributed by atoms with Gasteiger partial charge in [-0.2, -0.15) is 11.8 Å². The highest BCUT2D eigenvalue weighted by molar-refractivity contribution is 8.00. The molecule has 6 N–H and O–H groups in total. The molecular formula is C15H28N4O3S. The Morgan fingerprint density at radius 1 is 1.35 bits per heavy atom. The van der Waals surface area contributed by atoms with E-state index in [0.29, 0.717) is 18.2 Å². The zero-order chi connectivity index (χ0) is 16.7. The predicted octanol–water partition coefficient (Wildman–Crippen LogP) is 0.494. The summed E-state index contributed by atoms with van der Waals surface area (Å²) < 4.78 is 0. The van der Waals surface area contributed by atoms with Crippen LogP contribution in [0.25, 0.3) is 0 Å². The monoisotopic (exact) mass is 344 g/mol. The number of carboxylic acid groups (broad SMARTS) is 1. The summed E-state index contributed by atoms with van der Waals surface area (Å²) in [5, 5.41) is 18.7. The number of urea groups is 1. The number of carboxylic acids is 1. The molecule has 2 amide bonds. The van der Waals surface area contributed by atoms with Crippen molar-refractivity contribution < 1.29 is 14.7 Å². The highest BCUT2D eigenvalue weighted by Gasteiger charge is 2.42. The lowest BCUT2D eigenvalue weighted by molar-refractivity contribution is -0.139. The standard InChI is InChI=1S/C15H28N4O3S/c16-7-2-1-3-8-17-10(14(20)21)5-4-6-12-13-11(9-23-12)18-15(22)19-13/h10-13,17H,1-9,16H2,(H,20,21)(H2,18,19,22)/t10?,11-,12-,13-/m0/s1. The molecule has 8 heteroatoms. The molecule has 2 rings (SSSR count). The summed E-state index contributed by atoms with van der Waals surface area (Å²) in [4.78, 5) is 22.7. The van der Waals surface area contributed by atoms with Crippen LogP contribution in [0, 0.1) is 0 Å². The molecule has 0 saturated carbocycles. The molecule has 1 unspecified atom stereocenters. The Balaban J connectivity index is 1.64. The number of nitrogens with two attached hydrogens (primary N) is 1. The highest BCUT2D eigenvalue weighted by atomic mass is 32.2. The minimum atomic E-state index is -0.781. The van der Waals surface area contributed by atoms with E-state index in [1.807, 2.05) is 11.8 Å². The molecule has 2 aliphatic heterocycles. The van der Waals surface area contributed by atoms with Crippen LogP contribution in [0.3, 0.4) is 0 Å². The molecule has 0 aromatic rings. The van der Waals surface area contributed by atoms with Crippen LogP contribution in [0.4, 0.5) is 4.79 Å². The molecule has 4 atom stereocenters. The summed E-state index contributed by atoms with van der Waals surface area (Å²) in [6.45, 7) is 1.41. The Bertz CT molecular complexity index is 410. The smallest absolute Gasteiger partial charge is 0.320 e. The third-order valence-corrected chi connectivity index (χ3v) is 6.00. The van der Waals surface area contributed by atoms with E-state index in [4.69, 9.17) is 5.73 Å². The van der Waals surface area contributed by atoms with Crippen molar-refractivity contribution in [2.45, 2.75) is 61.9 Å². The summed E-state index contributed by atoms with van der Waals surface area (Å²) in [6.07, 6.45) is 5.39. The van der Waals surface area contributed by atoms with Crippen LogP contribution in [0.2, 0.25) is 0 Å². The molecule has 0 radical (unpaired) electrons. The Morgan fingerprint density at radius 2 is 2.17 bits per heavy atom. The number of fused-ring (bicyclic) bond motifs is 1. The van der Waals surface area contributed by atoms with Crippen molar-refractivity contribution in [3.63, 3.8) is 0 Å². The van der Waals surface area contributed by atoms with Gasteiger partial charge in [0.2, 0.25) is 0 Å². The average Bonchev–Trinajstić information content (AvgIpc) is 3.04. The second-order valence-electron chi connectivity index (χ2n) is 6.25. The maximum atomic E-state index is 11.3. The van der Waals surface area contributed by atoms with E-state index in [-0.39, 0.29) is 18.1 Å². The maximum Gasteiger partial charge on any atom is 0.320 e. The SMILES string of the molecule is NCCCCCNC(CCC[C@@H]1SC[C@@H]2NC(=O)N[C@@H]21)C(=O)O. The van der Waals surface area contributed by atoms with Crippen molar-refractivity contribution in [1.82, 2.24) is 16.0 Å². The number of amides is 2. The van der Waals surface area contributed by atoms with E-state index < -0.39 is 12.0 Å². The first-order valence-electron chi connectivity index (χ1n) is 8.46. The van der Waals surface area contributed by atoms with E-state index in [1.54, 1.807) is 0 Å². The predicted molar refractivity (Wildman–Crippen MR) is 91.7 cm³/mol. The molecule has 2 fully saturated rings. The molecule has 2 heterocycles. The van der Waals surface area contributed by atoms with E-state index in [9.17, 15) is 14.7 Å². The molecule has 132 valence electrons. The second kappa shape index (κ2) is 9.34. The summed E-state index contributed by atoms with van der Waals surface area (Å²) in [7, 11) is 0. The summed E-state index contributed by atoms with van der Waals surface area (Å²) >= 11 is 1.87. The topological polar surface area (TPSA) is 116 Å². The van der Waals surface area contributed by atoms with Gasteiger partial charge in [-0.25, -0.2) is 4.79 Å². The molecule has 2 aliphatic rings. The van der Waals surface area contributed by atoms with Crippen molar-refractivity contribution in [1.29, 1.82) is 0 Å². The number of rotatable bonds is 11. The van der Waals surface area contributed by atoms with Crippen LogP contribution in [0.15, 0.2) is 0 Å². The fourth-order valence-electron chi connectivity index (χ4n) is 3.20. The molecule has 2 saturated heterocycles. The number of thioether (sulfide) groups is 1. The number of aliphatic carboxylic acids is 1. The van der Waals surface area contributed by atoms with E-state index in [0.717, 1.165) is 44.4 Å². The minimum absolute atomic E-state index is 0.0761. The van der Waals surface area contributed by atoms with Crippen molar-refractivity contribution >= 4 is 23.8 Å². The zero-order valence-corrected chi connectivity index (χ0v) is 14.2. The van der Waals surface area contributed by atoms with Gasteiger partial charge >= 0.3 is 12.0 Å². The Morgan fingerprint density at radius 3 is 2.91 bits per heavy atom. The van der Waals surface area contributed by atoms with Crippen LogP contribution in [-0.2, 0) is 4.79 Å². The van der Waals surface area contributed by atoms with Crippen LogP contribution < -0.4 is 21.7 Å². The third kappa shape index (κ3) is 5.54. The maximum absolute atomic E-state index is 11.3. The molecule has 0 aliphatic carbocycles. The number of carbonyl (C=O) groups excluding carboxylic acids is 1. The van der Waals surface area contributed by atoms with Gasteiger partial charge in [-0.05, 0) is 38.8 Å². The fraction of sp³-hybridized carbons (Fsp3) is 0.867. The molecule has 0 bridgehead atoms. The summed E-state index contributed by atoms with van der Waals surface area (Å²) in [5.41, 5.74) is 5.44. The lowest BCUT2D eigenvalue weighted by Gasteiger charge is -2.18. The average molecular weight is 344 g/mol. The van der Waals surface area contributed by atoms with E-state index >= 15 is 0 Å². The van der Waals surface area contributed by atoms with Gasteiger partial charge in [0.25, 0.3) is 0 Å². The number of hydrogen-bond acceptors (Lipinski definition) is 5. The molecule has 0 aromatic carbocycles. The zero-order valence-electron chi connectivity index (χ0n) is 13.4. The highest BCUT2D eigenvalue weighted by Crippen LogP contribution is 2.33. The van der Waals surface area contributed by atoms with Gasteiger partial charge in [0.15, 0.2) is 0 Å². The van der Waals surface area contributed by atoms with Gasteiger partial charge in [-0.1, -0.05) is 12.8 Å². The van der Waals surface area contributed by atoms with Crippen molar-refractivity contribution in [3.05, 3.63) is 0 Å². The lowest BCUT2D eigenvalue weighted by Crippen LogP contribution is -2.38. The number of hydrogen-bond donors (Lipinski definition) is 5. The number of carbonyl (C=O) groups is 2. The van der Waals surface area contributed by atoms with Crippen LogP contribution in [0.5, 0.6) is 0 Å². The first-order chi connectivity index (χ1) is 11.1. The first-order valence-corrected chi connectivity index (χ1v) is 9.51. The second-order valence-corrected chi connectivity index (χ2v) is 7.52. The molecule has 23 heavy (non-hydrogen) atoms. The van der Waals surface area contributed by atoms with Crippen LogP contribution in [0.1, 0.15) is 38.5 Å². The van der Waals surface area contributed by atoms with Gasteiger partial charge in [-0.3, -0.25) is 4.79 Å². The van der Waals surface area contributed by atoms with Crippen molar-refractivity contribution in [2.24, 2.45) is 5.73 Å². The molecule has 0 spiro atoms. The van der Waals surface area contributed by atoms with Crippen LogP contribution >= 0.6 is 11.8 Å². The van der Waals surface area contributed by atoms with Gasteiger partial charge in [0.05, 0.1) is 12.1 Å². The lowest BCUT2D eigenvalue weighted by atomic mass is 10.0. The summed E-state index contributed by atoms with van der Waals surface area (Å²) in [5.74, 6) is 0.159. The van der Waals surface area contributed by atoms with Gasteiger partial charge in [0.1, 0.15) is 6.04 Å². The quantitative estimate of drug-likeness (QED) is 0.275. The molecule has 7 nitrogen and oxygen atoms in total. The first kappa shape index (κ1) is 18.4. The number of unbranched alkanes of at least 4 members (excludes halogenated alkanes) is 2. The fourth-order valence-corrected chi connectivity index (χ4v) is 4.75. The normalized spacial score (nSPS) is 27.3. The van der Waals surface area contributed by atoms with Crippen molar-refractivity contribution in [3.8, 4) is 0 Å². The van der Waals surface area contributed by atoms with Gasteiger partial charge < -0.3 is 26.8 Å². The van der Waals surface area contributed by atoms with Crippen molar-refractivity contribution in [2.75, 3.05) is 18.8 Å². The van der Waals surface area contributed by atoms with E-state index in [2.05, 4.69) is 16.0 Å². The van der Waals surface area contributed by atoms with Crippen LogP contribution in [-0.4, -0.2) is 59.3 Å². The Labute approximate surface area is 141 Å². The summed E-state index contributed by atoms with van der Waals surface area (Å²) in [6, 6.07) is -0.132. The largest absolute Gasteiger partial charge is 0.480 e. The number of nitrogens with one attached hydrogen (secondary N) is 3. The molecular weight excluding hydrogens is 316 g/mol.